The summed E-state index contributed by atoms with van der Waals surface area (Å²) in [5.74, 6) is 0.0788. The van der Waals surface area contributed by atoms with Crippen LogP contribution in [0.4, 0.5) is 0 Å². The lowest BCUT2D eigenvalue weighted by Crippen LogP contribution is -2.49. The molecule has 5 nitrogen and oxygen atoms in total. The summed E-state index contributed by atoms with van der Waals surface area (Å²) in [6, 6.07) is 0. The molecular weight excluding hydrogens is 308 g/mol. The standard InChI is InChI=1S/C13H23BrN4O/c1-5-13(15,6-2)7-16-12(19)11-9(14)10(8(3)4)17-18-11/h8H,5-7,15H2,1-4H3,(H,16,19)(H,17,18). The molecule has 0 aliphatic rings. The quantitative estimate of drug-likeness (QED) is 0.749. The van der Waals surface area contributed by atoms with E-state index in [0.717, 1.165) is 23.0 Å². The highest BCUT2D eigenvalue weighted by Crippen LogP contribution is 2.25. The van der Waals surface area contributed by atoms with Crippen molar-refractivity contribution in [3.63, 3.8) is 0 Å². The molecule has 0 radical (unpaired) electrons. The number of carbonyl (C=O) groups excluding carboxylic acids is 1. The fraction of sp³-hybridized carbons (Fsp3) is 0.692. The lowest BCUT2D eigenvalue weighted by Gasteiger charge is -2.26. The van der Waals surface area contributed by atoms with Crippen molar-refractivity contribution in [3.05, 3.63) is 15.9 Å². The van der Waals surface area contributed by atoms with Crippen LogP contribution in [0.25, 0.3) is 0 Å². The second-order valence-electron chi connectivity index (χ2n) is 5.21. The van der Waals surface area contributed by atoms with Gasteiger partial charge in [0.1, 0.15) is 0 Å². The predicted octanol–water partition coefficient (Wildman–Crippen LogP) is 2.54. The number of amides is 1. The van der Waals surface area contributed by atoms with Crippen molar-refractivity contribution in [1.29, 1.82) is 0 Å². The van der Waals surface area contributed by atoms with Crippen LogP contribution >= 0.6 is 15.9 Å². The molecule has 1 aromatic heterocycles. The summed E-state index contributed by atoms with van der Waals surface area (Å²) in [5.41, 5.74) is 7.13. The Bertz CT molecular complexity index is 438. The Labute approximate surface area is 122 Å². The van der Waals surface area contributed by atoms with E-state index in [-0.39, 0.29) is 17.4 Å². The van der Waals surface area contributed by atoms with E-state index < -0.39 is 0 Å². The van der Waals surface area contributed by atoms with Crippen molar-refractivity contribution in [1.82, 2.24) is 15.5 Å². The van der Waals surface area contributed by atoms with Crippen LogP contribution in [0.1, 0.15) is 62.6 Å². The molecule has 108 valence electrons. The van der Waals surface area contributed by atoms with E-state index >= 15 is 0 Å². The van der Waals surface area contributed by atoms with Gasteiger partial charge in [-0.3, -0.25) is 9.89 Å². The Balaban J connectivity index is 2.74. The Morgan fingerprint density at radius 2 is 2.05 bits per heavy atom. The van der Waals surface area contributed by atoms with Gasteiger partial charge in [0.15, 0.2) is 5.69 Å². The minimum atomic E-state index is -0.348. The predicted molar refractivity (Wildman–Crippen MR) is 80.2 cm³/mol. The first-order valence-corrected chi connectivity index (χ1v) is 7.44. The van der Waals surface area contributed by atoms with Gasteiger partial charge in [0.25, 0.3) is 5.91 Å². The summed E-state index contributed by atoms with van der Waals surface area (Å²) in [7, 11) is 0. The summed E-state index contributed by atoms with van der Waals surface area (Å²) in [6.45, 7) is 8.58. The summed E-state index contributed by atoms with van der Waals surface area (Å²) in [4.78, 5) is 12.1. The van der Waals surface area contributed by atoms with Crippen molar-refractivity contribution in [3.8, 4) is 0 Å². The number of hydrogen-bond acceptors (Lipinski definition) is 3. The van der Waals surface area contributed by atoms with Crippen LogP contribution in [0.5, 0.6) is 0 Å². The summed E-state index contributed by atoms with van der Waals surface area (Å²) < 4.78 is 0.732. The molecule has 1 heterocycles. The third-order valence-electron chi connectivity index (χ3n) is 3.53. The molecular formula is C13H23BrN4O. The van der Waals surface area contributed by atoms with Crippen LogP contribution in [-0.4, -0.2) is 28.2 Å². The molecule has 0 saturated carbocycles. The van der Waals surface area contributed by atoms with Crippen LogP contribution in [0.15, 0.2) is 4.47 Å². The number of aromatic amines is 1. The van der Waals surface area contributed by atoms with E-state index in [1.54, 1.807) is 0 Å². The van der Waals surface area contributed by atoms with Gasteiger partial charge >= 0.3 is 0 Å². The highest BCUT2D eigenvalue weighted by Gasteiger charge is 2.24. The largest absolute Gasteiger partial charge is 0.349 e. The number of nitrogens with one attached hydrogen (secondary N) is 2. The van der Waals surface area contributed by atoms with Crippen LogP contribution in [-0.2, 0) is 0 Å². The van der Waals surface area contributed by atoms with E-state index in [1.807, 2.05) is 27.7 Å². The minimum absolute atomic E-state index is 0.202. The van der Waals surface area contributed by atoms with Crippen molar-refractivity contribution < 1.29 is 4.79 Å². The Morgan fingerprint density at radius 1 is 1.47 bits per heavy atom. The second-order valence-corrected chi connectivity index (χ2v) is 6.00. The number of nitrogens with zero attached hydrogens (tertiary/aromatic N) is 1. The van der Waals surface area contributed by atoms with Crippen LogP contribution in [0, 0.1) is 0 Å². The van der Waals surface area contributed by atoms with Gasteiger partial charge in [0.2, 0.25) is 0 Å². The monoisotopic (exact) mass is 330 g/mol. The van der Waals surface area contributed by atoms with Gasteiger partial charge in [-0.05, 0) is 34.7 Å². The fourth-order valence-electron chi connectivity index (χ4n) is 1.71. The maximum absolute atomic E-state index is 12.1. The zero-order valence-corrected chi connectivity index (χ0v) is 13.6. The first-order chi connectivity index (χ1) is 8.84. The van der Waals surface area contributed by atoms with Gasteiger partial charge < -0.3 is 11.1 Å². The summed E-state index contributed by atoms with van der Waals surface area (Å²) in [5, 5.41) is 9.81. The Kier molecular flexibility index (Phi) is 5.55. The number of aromatic nitrogens is 2. The number of rotatable bonds is 6. The van der Waals surface area contributed by atoms with Gasteiger partial charge in [-0.1, -0.05) is 27.7 Å². The fourth-order valence-corrected chi connectivity index (χ4v) is 2.53. The molecule has 0 aliphatic heterocycles. The van der Waals surface area contributed by atoms with Crippen molar-refractivity contribution in [2.75, 3.05) is 6.54 Å². The summed E-state index contributed by atoms with van der Waals surface area (Å²) >= 11 is 3.42. The SMILES string of the molecule is CCC(N)(CC)CNC(=O)c1n[nH]c(C(C)C)c1Br. The minimum Gasteiger partial charge on any atom is -0.349 e. The van der Waals surface area contributed by atoms with Crippen LogP contribution in [0.3, 0.4) is 0 Å². The maximum atomic E-state index is 12.1. The van der Waals surface area contributed by atoms with E-state index in [0.29, 0.717) is 12.2 Å². The first-order valence-electron chi connectivity index (χ1n) is 6.65. The lowest BCUT2D eigenvalue weighted by molar-refractivity contribution is 0.0936. The van der Waals surface area contributed by atoms with E-state index in [1.165, 1.54) is 0 Å². The molecule has 0 atom stereocenters. The molecule has 0 aromatic carbocycles. The van der Waals surface area contributed by atoms with Crippen molar-refractivity contribution in [2.45, 2.75) is 52.0 Å². The number of H-pyrrole nitrogens is 1. The zero-order valence-electron chi connectivity index (χ0n) is 12.0. The highest BCUT2D eigenvalue weighted by atomic mass is 79.9. The molecule has 0 spiro atoms. The third-order valence-corrected chi connectivity index (χ3v) is 4.34. The van der Waals surface area contributed by atoms with Crippen molar-refractivity contribution in [2.24, 2.45) is 5.73 Å². The van der Waals surface area contributed by atoms with Gasteiger partial charge in [0, 0.05) is 12.1 Å². The molecule has 0 bridgehead atoms. The number of hydrogen-bond donors (Lipinski definition) is 3. The molecule has 1 aromatic rings. The number of halogens is 1. The number of nitrogens with two attached hydrogens (primary N) is 1. The first kappa shape index (κ1) is 16.2. The molecule has 0 saturated heterocycles. The van der Waals surface area contributed by atoms with Gasteiger partial charge in [0.05, 0.1) is 10.2 Å². The van der Waals surface area contributed by atoms with Gasteiger partial charge in [-0.2, -0.15) is 5.10 Å². The molecule has 4 N–H and O–H groups in total. The van der Waals surface area contributed by atoms with E-state index in [4.69, 9.17) is 5.73 Å². The molecule has 0 fully saturated rings. The smallest absolute Gasteiger partial charge is 0.273 e. The molecule has 1 amide bonds. The Hall–Kier alpha value is -0.880. The number of carbonyl (C=O) groups is 1. The summed E-state index contributed by atoms with van der Waals surface area (Å²) in [6.07, 6.45) is 1.64. The third kappa shape index (κ3) is 3.79. The highest BCUT2D eigenvalue weighted by molar-refractivity contribution is 9.10. The Morgan fingerprint density at radius 3 is 2.47 bits per heavy atom. The van der Waals surface area contributed by atoms with Gasteiger partial charge in [-0.15, -0.1) is 0 Å². The maximum Gasteiger partial charge on any atom is 0.273 e. The second kappa shape index (κ2) is 6.52. The average molecular weight is 331 g/mol. The molecule has 6 heteroatoms. The molecule has 0 unspecified atom stereocenters. The average Bonchev–Trinajstić information content (AvgIpc) is 2.77. The zero-order chi connectivity index (χ0) is 14.6. The molecule has 19 heavy (non-hydrogen) atoms. The van der Waals surface area contributed by atoms with Crippen LogP contribution < -0.4 is 11.1 Å². The van der Waals surface area contributed by atoms with E-state index in [9.17, 15) is 4.79 Å². The topological polar surface area (TPSA) is 83.8 Å². The van der Waals surface area contributed by atoms with E-state index in [2.05, 4.69) is 31.4 Å². The van der Waals surface area contributed by atoms with Crippen molar-refractivity contribution >= 4 is 21.8 Å². The molecule has 1 rings (SSSR count). The lowest BCUT2D eigenvalue weighted by atomic mass is 9.94. The van der Waals surface area contributed by atoms with Crippen LogP contribution in [0.2, 0.25) is 0 Å². The molecule has 0 aliphatic carbocycles. The normalized spacial score (nSPS) is 11.9. The van der Waals surface area contributed by atoms with Gasteiger partial charge in [-0.25, -0.2) is 0 Å².